The Morgan fingerprint density at radius 3 is 0.909 bits per heavy atom. The van der Waals surface area contributed by atoms with Crippen LogP contribution in [0.3, 0.4) is 0 Å². The molecule has 0 amide bonds. The molecule has 0 aliphatic heterocycles. The Labute approximate surface area is 113 Å². The molecule has 0 nitrogen and oxygen atoms in total. The van der Waals surface area contributed by atoms with Gasteiger partial charge in [0.2, 0.25) is 0 Å². The smallest absolute Gasteiger partial charge is 0.0589 e. The number of hydrogen-bond acceptors (Lipinski definition) is 0. The van der Waals surface area contributed by atoms with E-state index in [0.717, 1.165) is 0 Å². The fraction of sp³-hybridized carbons (Fsp3) is 0.500. The third kappa shape index (κ3) is 2.07. The summed E-state index contributed by atoms with van der Waals surface area (Å²) in [5.74, 6) is 1.47. The predicted octanol–water partition coefficient (Wildman–Crippen LogP) is 0.271. The summed E-state index contributed by atoms with van der Waals surface area (Å²) in [6, 6.07) is 0. The monoisotopic (exact) mass is 174 g/mol. The van der Waals surface area contributed by atoms with Crippen LogP contribution < -0.4 is 51.4 Å². The second-order valence-corrected chi connectivity index (χ2v) is 3.12. The molecule has 0 aromatic carbocycles. The SMILES string of the molecule is C[C]1C(C)=C(C)C(C)=C1C.[K+]. The van der Waals surface area contributed by atoms with Crippen LogP contribution in [0.1, 0.15) is 34.6 Å². The summed E-state index contributed by atoms with van der Waals surface area (Å²) in [4.78, 5) is 0. The Hall–Kier alpha value is 1.12. The molecule has 0 unspecified atom stereocenters. The third-order valence-corrected chi connectivity index (χ3v) is 2.81. The summed E-state index contributed by atoms with van der Waals surface area (Å²) in [6.07, 6.45) is 0. The molecule has 0 saturated carbocycles. The van der Waals surface area contributed by atoms with Crippen molar-refractivity contribution in [2.75, 3.05) is 0 Å². The van der Waals surface area contributed by atoms with Gasteiger partial charge in [0, 0.05) is 5.92 Å². The molecule has 0 fully saturated rings. The van der Waals surface area contributed by atoms with Gasteiger partial charge in [-0.2, -0.15) is 0 Å². The van der Waals surface area contributed by atoms with Crippen molar-refractivity contribution in [3.05, 3.63) is 28.2 Å². The first kappa shape index (κ1) is 12.1. The van der Waals surface area contributed by atoms with Crippen molar-refractivity contribution in [3.8, 4) is 0 Å². The first-order chi connectivity index (χ1) is 4.55. The van der Waals surface area contributed by atoms with Gasteiger partial charge in [-0.05, 0) is 38.8 Å². The molecule has 0 spiro atoms. The quantitative estimate of drug-likeness (QED) is 0.463. The van der Waals surface area contributed by atoms with E-state index in [9.17, 15) is 0 Å². The van der Waals surface area contributed by atoms with Gasteiger partial charge < -0.3 is 0 Å². The molecule has 0 bridgehead atoms. The first-order valence-electron chi connectivity index (χ1n) is 3.75. The van der Waals surface area contributed by atoms with E-state index in [0.29, 0.717) is 0 Å². The number of rotatable bonds is 0. The minimum Gasteiger partial charge on any atom is -0.0589 e. The number of hydrogen-bond donors (Lipinski definition) is 0. The third-order valence-electron chi connectivity index (χ3n) is 2.81. The van der Waals surface area contributed by atoms with Crippen molar-refractivity contribution >= 4 is 0 Å². The molecule has 0 aromatic rings. The summed E-state index contributed by atoms with van der Waals surface area (Å²) in [5.41, 5.74) is 5.87. The van der Waals surface area contributed by atoms with Crippen LogP contribution in [0.2, 0.25) is 0 Å². The molecular formula is C10H15K+. The molecule has 55 valence electrons. The molecule has 1 heteroatoms. The van der Waals surface area contributed by atoms with Gasteiger partial charge in [0.05, 0.1) is 0 Å². The average molecular weight is 174 g/mol. The normalized spacial score (nSPS) is 19.4. The topological polar surface area (TPSA) is 0 Å². The van der Waals surface area contributed by atoms with Crippen molar-refractivity contribution in [1.82, 2.24) is 0 Å². The van der Waals surface area contributed by atoms with Crippen molar-refractivity contribution < 1.29 is 51.4 Å². The van der Waals surface area contributed by atoms with Gasteiger partial charge in [-0.1, -0.05) is 18.1 Å². The zero-order valence-electron chi connectivity index (χ0n) is 8.50. The fourth-order valence-electron chi connectivity index (χ4n) is 1.41. The summed E-state index contributed by atoms with van der Waals surface area (Å²) in [6.45, 7) is 11.0. The van der Waals surface area contributed by atoms with Crippen molar-refractivity contribution in [2.45, 2.75) is 34.6 Å². The molecule has 1 aliphatic carbocycles. The zero-order chi connectivity index (χ0) is 7.89. The van der Waals surface area contributed by atoms with E-state index in [2.05, 4.69) is 34.6 Å². The average Bonchev–Trinajstić information content (AvgIpc) is 2.07. The van der Waals surface area contributed by atoms with Crippen LogP contribution in [-0.2, 0) is 0 Å². The maximum absolute atomic E-state index is 2.20. The van der Waals surface area contributed by atoms with E-state index < -0.39 is 0 Å². The van der Waals surface area contributed by atoms with E-state index in [1.54, 1.807) is 0 Å². The summed E-state index contributed by atoms with van der Waals surface area (Å²) in [7, 11) is 0. The van der Waals surface area contributed by atoms with Crippen molar-refractivity contribution in [2.24, 2.45) is 0 Å². The van der Waals surface area contributed by atoms with E-state index in [4.69, 9.17) is 0 Å². The minimum atomic E-state index is 0. The van der Waals surface area contributed by atoms with Crippen molar-refractivity contribution in [1.29, 1.82) is 0 Å². The molecular weight excluding hydrogens is 159 g/mol. The molecule has 1 rings (SSSR count). The van der Waals surface area contributed by atoms with Gasteiger partial charge in [0.1, 0.15) is 0 Å². The summed E-state index contributed by atoms with van der Waals surface area (Å²) in [5, 5.41) is 0. The van der Waals surface area contributed by atoms with Crippen LogP contribution in [-0.4, -0.2) is 0 Å². The van der Waals surface area contributed by atoms with Gasteiger partial charge in [-0.3, -0.25) is 0 Å². The van der Waals surface area contributed by atoms with E-state index in [-0.39, 0.29) is 51.4 Å². The molecule has 0 saturated heterocycles. The molecule has 0 atom stereocenters. The van der Waals surface area contributed by atoms with Gasteiger partial charge in [-0.25, -0.2) is 0 Å². The molecule has 1 radical (unpaired) electrons. The van der Waals surface area contributed by atoms with Crippen LogP contribution in [0, 0.1) is 5.92 Å². The Morgan fingerprint density at radius 2 is 0.818 bits per heavy atom. The van der Waals surface area contributed by atoms with Crippen LogP contribution in [0.4, 0.5) is 0 Å². The van der Waals surface area contributed by atoms with Gasteiger partial charge in [0.15, 0.2) is 0 Å². The van der Waals surface area contributed by atoms with Gasteiger partial charge >= 0.3 is 51.4 Å². The number of allylic oxidation sites excluding steroid dienone is 4. The van der Waals surface area contributed by atoms with Crippen molar-refractivity contribution in [3.63, 3.8) is 0 Å². The van der Waals surface area contributed by atoms with Gasteiger partial charge in [0.25, 0.3) is 0 Å². The molecule has 11 heavy (non-hydrogen) atoms. The zero-order valence-corrected chi connectivity index (χ0v) is 11.6. The maximum Gasteiger partial charge on any atom is 1.00 e. The van der Waals surface area contributed by atoms with Crippen LogP contribution in [0.25, 0.3) is 0 Å². The fourth-order valence-corrected chi connectivity index (χ4v) is 1.41. The minimum absolute atomic E-state index is 0. The second-order valence-electron chi connectivity index (χ2n) is 3.12. The Bertz CT molecular complexity index is 197. The molecule has 0 heterocycles. The largest absolute Gasteiger partial charge is 1.00 e. The Kier molecular flexibility index (Phi) is 4.82. The second kappa shape index (κ2) is 4.38. The Morgan fingerprint density at radius 1 is 0.545 bits per heavy atom. The standard InChI is InChI=1S/C10H15.K/c1-6-7(2)9(4)10(5)8(6)3;/h1-5H3;/q;+1. The van der Waals surface area contributed by atoms with E-state index >= 15 is 0 Å². The maximum atomic E-state index is 2.20. The molecule has 0 N–H and O–H groups in total. The van der Waals surface area contributed by atoms with Gasteiger partial charge in [-0.15, -0.1) is 0 Å². The van der Waals surface area contributed by atoms with Crippen LogP contribution >= 0.6 is 0 Å². The predicted molar refractivity (Wildman–Crippen MR) is 45.7 cm³/mol. The first-order valence-corrected chi connectivity index (χ1v) is 3.75. The summed E-state index contributed by atoms with van der Waals surface area (Å²) >= 11 is 0. The Balaban J connectivity index is 0.000001000. The van der Waals surface area contributed by atoms with E-state index in [1.807, 2.05) is 0 Å². The molecule has 1 aliphatic rings. The van der Waals surface area contributed by atoms with E-state index in [1.165, 1.54) is 28.2 Å². The summed E-state index contributed by atoms with van der Waals surface area (Å²) < 4.78 is 0. The van der Waals surface area contributed by atoms with Crippen LogP contribution in [0.5, 0.6) is 0 Å². The van der Waals surface area contributed by atoms with Crippen LogP contribution in [0.15, 0.2) is 22.3 Å². The molecule has 0 aromatic heterocycles.